The summed E-state index contributed by atoms with van der Waals surface area (Å²) in [7, 11) is 1.68. The van der Waals surface area contributed by atoms with Gasteiger partial charge in [0.2, 0.25) is 0 Å². The first-order valence-electron chi connectivity index (χ1n) is 11.5. The number of halogens is 1. The Labute approximate surface area is 219 Å². The van der Waals surface area contributed by atoms with Crippen molar-refractivity contribution >= 4 is 33.3 Å². The highest BCUT2D eigenvalue weighted by Gasteiger charge is 2.41. The Hall–Kier alpha value is -3.16. The molecular formula is C28H27BrN4OS. The Morgan fingerprint density at radius 2 is 1.77 bits per heavy atom. The summed E-state index contributed by atoms with van der Waals surface area (Å²) < 4.78 is 8.72. The highest BCUT2D eigenvalue weighted by atomic mass is 79.9. The monoisotopic (exact) mass is 546 g/mol. The maximum atomic E-state index is 5.88. The van der Waals surface area contributed by atoms with Crippen LogP contribution >= 0.6 is 28.1 Å². The van der Waals surface area contributed by atoms with Gasteiger partial charge in [-0.25, -0.2) is 0 Å². The summed E-state index contributed by atoms with van der Waals surface area (Å²) in [6, 6.07) is 24.9. The first-order chi connectivity index (χ1) is 17.0. The van der Waals surface area contributed by atoms with Gasteiger partial charge in [0.05, 0.1) is 24.9 Å². The van der Waals surface area contributed by atoms with Crippen molar-refractivity contribution < 1.29 is 4.74 Å². The number of hydrogen-bond donors (Lipinski definition) is 1. The second-order valence-corrected chi connectivity index (χ2v) is 10.0. The normalized spacial score (nSPS) is 17.5. The van der Waals surface area contributed by atoms with Crippen molar-refractivity contribution in [3.63, 3.8) is 0 Å². The molecule has 0 aliphatic carbocycles. The summed E-state index contributed by atoms with van der Waals surface area (Å²) in [5, 5.41) is 4.30. The van der Waals surface area contributed by atoms with Crippen LogP contribution in [0.25, 0.3) is 5.69 Å². The summed E-state index contributed by atoms with van der Waals surface area (Å²) in [4.78, 5) is 6.97. The van der Waals surface area contributed by atoms with Gasteiger partial charge in [0.1, 0.15) is 5.75 Å². The number of aromatic nitrogens is 2. The van der Waals surface area contributed by atoms with Gasteiger partial charge in [-0.3, -0.25) is 4.98 Å². The van der Waals surface area contributed by atoms with Gasteiger partial charge in [-0.05, 0) is 91.8 Å². The predicted octanol–water partition coefficient (Wildman–Crippen LogP) is 6.43. The number of ether oxygens (including phenoxy) is 1. The van der Waals surface area contributed by atoms with E-state index in [4.69, 9.17) is 17.0 Å². The lowest BCUT2D eigenvalue weighted by Crippen LogP contribution is -2.29. The molecule has 4 aromatic rings. The number of methoxy groups -OCH3 is 1. The molecule has 2 atom stereocenters. The van der Waals surface area contributed by atoms with Crippen LogP contribution in [0.4, 0.5) is 0 Å². The van der Waals surface area contributed by atoms with Gasteiger partial charge in [0, 0.05) is 34.3 Å². The van der Waals surface area contributed by atoms with Crippen molar-refractivity contribution in [2.24, 2.45) is 0 Å². The highest BCUT2D eigenvalue weighted by molar-refractivity contribution is 9.10. The van der Waals surface area contributed by atoms with Crippen LogP contribution in [0.1, 0.15) is 40.3 Å². The average molecular weight is 548 g/mol. The second kappa shape index (κ2) is 9.84. The van der Waals surface area contributed by atoms with Crippen molar-refractivity contribution in [2.75, 3.05) is 7.11 Å². The molecule has 0 bridgehead atoms. The van der Waals surface area contributed by atoms with Crippen LogP contribution in [0.5, 0.6) is 5.75 Å². The Morgan fingerprint density at radius 3 is 2.43 bits per heavy atom. The molecule has 0 radical (unpaired) electrons. The molecule has 0 saturated carbocycles. The molecule has 0 spiro atoms. The van der Waals surface area contributed by atoms with E-state index < -0.39 is 0 Å². The molecule has 35 heavy (non-hydrogen) atoms. The number of pyridine rings is 1. The predicted molar refractivity (Wildman–Crippen MR) is 147 cm³/mol. The fourth-order valence-electron chi connectivity index (χ4n) is 4.92. The van der Waals surface area contributed by atoms with Crippen molar-refractivity contribution in [1.82, 2.24) is 19.8 Å². The highest BCUT2D eigenvalue weighted by Crippen LogP contribution is 2.42. The zero-order valence-electron chi connectivity index (χ0n) is 19.9. The van der Waals surface area contributed by atoms with E-state index in [2.05, 4.69) is 98.1 Å². The molecule has 2 aromatic carbocycles. The maximum Gasteiger partial charge on any atom is 0.170 e. The zero-order chi connectivity index (χ0) is 24.5. The molecule has 178 valence electrons. The van der Waals surface area contributed by atoms with Gasteiger partial charge in [-0.15, -0.1) is 0 Å². The minimum Gasteiger partial charge on any atom is -0.497 e. The lowest BCUT2D eigenvalue weighted by atomic mass is 9.96. The molecule has 2 aromatic heterocycles. The molecule has 7 heteroatoms. The van der Waals surface area contributed by atoms with E-state index in [1.54, 1.807) is 7.11 Å². The smallest absolute Gasteiger partial charge is 0.170 e. The van der Waals surface area contributed by atoms with Crippen molar-refractivity contribution in [3.05, 3.63) is 112 Å². The van der Waals surface area contributed by atoms with Crippen LogP contribution in [0.15, 0.2) is 83.5 Å². The number of hydrogen-bond acceptors (Lipinski definition) is 3. The Balaban J connectivity index is 1.59. The van der Waals surface area contributed by atoms with Gasteiger partial charge in [0.25, 0.3) is 0 Å². The summed E-state index contributed by atoms with van der Waals surface area (Å²) in [5.41, 5.74) is 6.90. The summed E-state index contributed by atoms with van der Waals surface area (Å²) in [6.07, 6.45) is 1.84. The van der Waals surface area contributed by atoms with E-state index in [0.29, 0.717) is 6.54 Å². The van der Waals surface area contributed by atoms with Gasteiger partial charge < -0.3 is 19.5 Å². The van der Waals surface area contributed by atoms with Gasteiger partial charge >= 0.3 is 0 Å². The third-order valence-electron chi connectivity index (χ3n) is 6.58. The molecule has 0 unspecified atom stereocenters. The number of aryl methyl sites for hydroxylation is 1. The van der Waals surface area contributed by atoms with E-state index >= 15 is 0 Å². The Kier molecular flexibility index (Phi) is 6.62. The van der Waals surface area contributed by atoms with E-state index in [9.17, 15) is 0 Å². The molecule has 0 amide bonds. The number of nitrogens with zero attached hydrogens (tertiary/aromatic N) is 3. The van der Waals surface area contributed by atoms with E-state index in [0.717, 1.165) is 26.7 Å². The molecular weight excluding hydrogens is 520 g/mol. The minimum absolute atomic E-state index is 0.00472. The van der Waals surface area contributed by atoms with Crippen LogP contribution in [-0.4, -0.2) is 26.7 Å². The fraction of sp³-hybridized carbons (Fsp3) is 0.214. The fourth-order valence-corrected chi connectivity index (χ4v) is 5.49. The van der Waals surface area contributed by atoms with Crippen LogP contribution in [0.3, 0.4) is 0 Å². The number of thiocarbonyl (C=S) groups is 1. The molecule has 1 aliphatic heterocycles. The van der Waals surface area contributed by atoms with Crippen molar-refractivity contribution in [3.8, 4) is 11.4 Å². The van der Waals surface area contributed by atoms with Crippen LogP contribution in [0.2, 0.25) is 0 Å². The molecule has 5 rings (SSSR count). The lowest BCUT2D eigenvalue weighted by Gasteiger charge is -2.28. The van der Waals surface area contributed by atoms with Crippen molar-refractivity contribution in [2.45, 2.75) is 32.5 Å². The van der Waals surface area contributed by atoms with E-state index in [1.807, 2.05) is 30.5 Å². The third kappa shape index (κ3) is 4.58. The number of nitrogens with one attached hydrogen (secondary N) is 1. The molecule has 1 fully saturated rings. The third-order valence-corrected chi connectivity index (χ3v) is 7.46. The Bertz CT molecular complexity index is 1340. The quantitative estimate of drug-likeness (QED) is 0.282. The molecule has 1 aliphatic rings. The van der Waals surface area contributed by atoms with Gasteiger partial charge in [0.15, 0.2) is 5.11 Å². The summed E-state index contributed by atoms with van der Waals surface area (Å²) in [6.45, 7) is 5.03. The van der Waals surface area contributed by atoms with Crippen molar-refractivity contribution in [1.29, 1.82) is 0 Å². The molecule has 1 saturated heterocycles. The van der Waals surface area contributed by atoms with Crippen LogP contribution < -0.4 is 10.1 Å². The number of rotatable bonds is 6. The average Bonchev–Trinajstić information content (AvgIpc) is 3.35. The summed E-state index contributed by atoms with van der Waals surface area (Å²) in [5.74, 6) is 0.844. The topological polar surface area (TPSA) is 42.3 Å². The van der Waals surface area contributed by atoms with Gasteiger partial charge in [-0.1, -0.05) is 34.1 Å². The lowest BCUT2D eigenvalue weighted by molar-refractivity contribution is 0.310. The summed E-state index contributed by atoms with van der Waals surface area (Å²) >= 11 is 9.43. The first kappa shape index (κ1) is 23.6. The Morgan fingerprint density at radius 1 is 1.03 bits per heavy atom. The first-order valence-corrected chi connectivity index (χ1v) is 12.7. The van der Waals surface area contributed by atoms with Crippen LogP contribution in [0, 0.1) is 13.8 Å². The minimum atomic E-state index is -0.0548. The van der Waals surface area contributed by atoms with Crippen LogP contribution in [-0.2, 0) is 6.54 Å². The molecule has 1 N–H and O–H groups in total. The SMILES string of the molecule is COc1ccc(CN2C(=S)N[C@@H](c3ccccn3)[C@@H]2c2cc(C)n(-c3ccc(Br)cc3)c2C)cc1. The van der Waals surface area contributed by atoms with E-state index in [1.165, 1.54) is 22.5 Å². The number of benzene rings is 2. The standard InChI is InChI=1S/C28H27BrN4OS/c1-18-16-24(19(2)33(18)22-11-9-21(29)10-12-22)27-26(25-6-4-5-15-30-25)31-28(35)32(27)17-20-7-13-23(34-3)14-8-20/h4-16,26-27H,17H2,1-3H3,(H,31,35)/t26-,27-/m0/s1. The molecule has 3 heterocycles. The largest absolute Gasteiger partial charge is 0.497 e. The van der Waals surface area contributed by atoms with E-state index in [-0.39, 0.29) is 12.1 Å². The maximum absolute atomic E-state index is 5.88. The second-order valence-electron chi connectivity index (χ2n) is 8.74. The zero-order valence-corrected chi connectivity index (χ0v) is 22.3. The van der Waals surface area contributed by atoms with Gasteiger partial charge in [-0.2, -0.15) is 0 Å². The molecule has 5 nitrogen and oxygen atoms in total.